The molecular weight excluding hydrogens is 452 g/mol. The van der Waals surface area contributed by atoms with Crippen LogP contribution in [0.2, 0.25) is 0 Å². The van der Waals surface area contributed by atoms with Crippen LogP contribution >= 0.6 is 0 Å². The molecule has 192 valence electrons. The number of piperidine rings is 1. The van der Waals surface area contributed by atoms with Crippen molar-refractivity contribution >= 4 is 29.3 Å². The maximum absolute atomic E-state index is 13.3. The van der Waals surface area contributed by atoms with Crippen molar-refractivity contribution in [2.24, 2.45) is 16.9 Å². The molecule has 2 N–H and O–H groups in total. The van der Waals surface area contributed by atoms with E-state index in [0.29, 0.717) is 25.1 Å². The molecule has 1 aromatic carbocycles. The second kappa shape index (κ2) is 12.0. The van der Waals surface area contributed by atoms with E-state index in [1.54, 1.807) is 12.1 Å². The van der Waals surface area contributed by atoms with Crippen molar-refractivity contribution in [2.45, 2.75) is 65.5 Å². The number of hydrogen-bond donors (Lipinski definition) is 2. The van der Waals surface area contributed by atoms with Gasteiger partial charge in [-0.15, -0.1) is 5.10 Å². The number of ketones is 1. The Bertz CT molecular complexity index is 922. The lowest BCUT2D eigenvalue weighted by Gasteiger charge is -2.35. The van der Waals surface area contributed by atoms with Gasteiger partial charge in [-0.2, -0.15) is 0 Å². The summed E-state index contributed by atoms with van der Waals surface area (Å²) in [6, 6.07) is 6.96. The quantitative estimate of drug-likeness (QED) is 0.547. The van der Waals surface area contributed by atoms with Crippen LogP contribution in [0.4, 0.5) is 10.5 Å². The molecule has 0 unspecified atom stereocenters. The zero-order chi connectivity index (χ0) is 25.5. The minimum absolute atomic E-state index is 0.0694. The number of hydrogen-bond acceptors (Lipinski definition) is 8. The maximum atomic E-state index is 13.3. The van der Waals surface area contributed by atoms with Crippen molar-refractivity contribution in [3.63, 3.8) is 0 Å². The Kier molecular flexibility index (Phi) is 9.05. The first kappa shape index (κ1) is 26.4. The number of anilines is 1. The van der Waals surface area contributed by atoms with Gasteiger partial charge in [-0.1, -0.05) is 51.2 Å². The second-order valence-corrected chi connectivity index (χ2v) is 9.74. The topological polar surface area (TPSA) is 130 Å². The number of amides is 3. The predicted octanol–water partition coefficient (Wildman–Crippen LogP) is 3.10. The fraction of sp³-hybridized carbons (Fsp3) is 0.583. The standard InChI is InChI=1S/C24H35N6O5/c1-16(2)14-19(21(31)23-27-29(15-17(3)4)30(34)35-23)26-24(33)28-13-9-8-12-20(28)22(32)25-18-10-6-5-7-11-18/h5-7,10-11,16-17,19-20H,8-9,12-15H2,1-4H3,(H,25,32)(H,26,33)/q-1/t19-,20-/m0/s1. The molecule has 11 nitrogen and oxygen atoms in total. The third kappa shape index (κ3) is 7.15. The highest BCUT2D eigenvalue weighted by molar-refractivity contribution is 6.38. The molecule has 1 aromatic rings. The molecule has 2 atom stereocenters. The molecule has 11 heteroatoms. The molecule has 2 aliphatic heterocycles. The number of Topliss-reactive ketones (excluding diaryl/α,β-unsaturated/α-hetero) is 1. The SMILES string of the molecule is CC(C)C[C@H](NC(=O)N1CCCC[C@H]1C(=O)Nc1ccccc1)C(=O)C1=NN(CC(C)C)N([O-])O1. The summed E-state index contributed by atoms with van der Waals surface area (Å²) in [6.07, 6.45) is 2.43. The first-order valence-corrected chi connectivity index (χ1v) is 12.1. The van der Waals surface area contributed by atoms with E-state index >= 15 is 0 Å². The van der Waals surface area contributed by atoms with E-state index in [0.717, 1.165) is 18.0 Å². The van der Waals surface area contributed by atoms with Crippen molar-refractivity contribution in [1.29, 1.82) is 0 Å². The number of rotatable bonds is 9. The first-order chi connectivity index (χ1) is 16.7. The molecule has 2 heterocycles. The van der Waals surface area contributed by atoms with Crippen LogP contribution in [0.5, 0.6) is 0 Å². The summed E-state index contributed by atoms with van der Waals surface area (Å²) in [5, 5.41) is 22.9. The third-order valence-electron chi connectivity index (χ3n) is 5.73. The monoisotopic (exact) mass is 487 g/mol. The van der Waals surface area contributed by atoms with Gasteiger partial charge in [0.05, 0.1) is 12.6 Å². The third-order valence-corrected chi connectivity index (χ3v) is 5.73. The van der Waals surface area contributed by atoms with E-state index in [1.807, 2.05) is 45.9 Å². The van der Waals surface area contributed by atoms with Gasteiger partial charge in [0.25, 0.3) is 0 Å². The van der Waals surface area contributed by atoms with Crippen molar-refractivity contribution in [3.8, 4) is 0 Å². The van der Waals surface area contributed by atoms with E-state index in [9.17, 15) is 19.6 Å². The fourth-order valence-electron chi connectivity index (χ4n) is 4.09. The average molecular weight is 488 g/mol. The minimum atomic E-state index is -0.951. The summed E-state index contributed by atoms with van der Waals surface area (Å²) in [4.78, 5) is 45.9. The van der Waals surface area contributed by atoms with E-state index in [2.05, 4.69) is 15.7 Å². The first-order valence-electron chi connectivity index (χ1n) is 12.1. The zero-order valence-corrected chi connectivity index (χ0v) is 20.8. The summed E-state index contributed by atoms with van der Waals surface area (Å²) in [7, 11) is 0. The predicted molar refractivity (Wildman–Crippen MR) is 131 cm³/mol. The Hall–Kier alpha value is -3.18. The van der Waals surface area contributed by atoms with Crippen LogP contribution in [0.15, 0.2) is 35.4 Å². The molecule has 0 bridgehead atoms. The van der Waals surface area contributed by atoms with Crippen molar-refractivity contribution < 1.29 is 19.2 Å². The number of benzene rings is 1. The molecule has 0 saturated carbocycles. The van der Waals surface area contributed by atoms with Crippen molar-refractivity contribution in [1.82, 2.24) is 20.7 Å². The van der Waals surface area contributed by atoms with Crippen LogP contribution in [-0.4, -0.2) is 64.1 Å². The van der Waals surface area contributed by atoms with Crippen molar-refractivity contribution in [3.05, 3.63) is 35.5 Å². The minimum Gasteiger partial charge on any atom is -0.732 e. The van der Waals surface area contributed by atoms with E-state index in [-0.39, 0.29) is 35.5 Å². The molecule has 0 aromatic heterocycles. The van der Waals surface area contributed by atoms with Gasteiger partial charge in [0.1, 0.15) is 6.04 Å². The molecule has 3 amide bonds. The largest absolute Gasteiger partial charge is 0.732 e. The van der Waals surface area contributed by atoms with Gasteiger partial charge in [-0.25, -0.2) is 9.91 Å². The molecule has 2 aliphatic rings. The highest BCUT2D eigenvalue weighted by atomic mass is 16.9. The van der Waals surface area contributed by atoms with Crippen LogP contribution in [0, 0.1) is 17.0 Å². The van der Waals surface area contributed by atoms with Gasteiger partial charge < -0.3 is 25.6 Å². The highest BCUT2D eigenvalue weighted by Crippen LogP contribution is 2.21. The van der Waals surface area contributed by atoms with Crippen molar-refractivity contribution in [2.75, 3.05) is 18.4 Å². The summed E-state index contributed by atoms with van der Waals surface area (Å²) < 4.78 is 0. The number of carbonyl (C=O) groups is 3. The lowest BCUT2D eigenvalue weighted by Crippen LogP contribution is -2.57. The van der Waals surface area contributed by atoms with Crippen LogP contribution in [0.1, 0.15) is 53.4 Å². The highest BCUT2D eigenvalue weighted by Gasteiger charge is 2.37. The number of nitrogens with zero attached hydrogens (tertiary/aromatic N) is 4. The number of hydrazine groups is 1. The van der Waals surface area contributed by atoms with Crippen LogP contribution in [0.25, 0.3) is 0 Å². The fourth-order valence-corrected chi connectivity index (χ4v) is 4.09. The van der Waals surface area contributed by atoms with Gasteiger partial charge >= 0.3 is 11.9 Å². The Morgan fingerprint density at radius 1 is 1.11 bits per heavy atom. The molecule has 1 fully saturated rings. The van der Waals surface area contributed by atoms with Gasteiger partial charge in [0.15, 0.2) is 0 Å². The summed E-state index contributed by atoms with van der Waals surface area (Å²) in [5.41, 5.74) is 0.654. The van der Waals surface area contributed by atoms with Crippen LogP contribution in [-0.2, 0) is 14.4 Å². The molecule has 0 spiro atoms. The smallest absolute Gasteiger partial charge is 0.318 e. The summed E-state index contributed by atoms with van der Waals surface area (Å²) in [5.74, 6) is -1.02. The second-order valence-electron chi connectivity index (χ2n) is 9.74. The zero-order valence-electron chi connectivity index (χ0n) is 20.8. The molecule has 0 aliphatic carbocycles. The number of para-hydroxylation sites is 1. The lowest BCUT2D eigenvalue weighted by atomic mass is 9.99. The lowest BCUT2D eigenvalue weighted by molar-refractivity contribution is -0.167. The molecule has 3 rings (SSSR count). The number of nitrogens with one attached hydrogen (secondary N) is 2. The number of urea groups is 1. The van der Waals surface area contributed by atoms with Crippen LogP contribution in [0.3, 0.4) is 0 Å². The maximum Gasteiger partial charge on any atom is 0.318 e. The Morgan fingerprint density at radius 2 is 1.83 bits per heavy atom. The van der Waals surface area contributed by atoms with E-state index in [1.165, 1.54) is 4.90 Å². The molecule has 0 radical (unpaired) electrons. The average Bonchev–Trinajstić information content (AvgIpc) is 3.17. The Balaban J connectivity index is 1.71. The van der Waals surface area contributed by atoms with Gasteiger partial charge in [0.2, 0.25) is 11.7 Å². The molecular formula is C24H35N6O5-. The number of likely N-dealkylation sites (tertiary alicyclic amines) is 1. The molecule has 35 heavy (non-hydrogen) atoms. The van der Waals surface area contributed by atoms with Gasteiger partial charge in [-0.3, -0.25) is 9.59 Å². The summed E-state index contributed by atoms with van der Waals surface area (Å²) >= 11 is 0. The van der Waals surface area contributed by atoms with Gasteiger partial charge in [0, 0.05) is 12.2 Å². The molecule has 1 saturated heterocycles. The Labute approximate surface area is 206 Å². The van der Waals surface area contributed by atoms with E-state index < -0.39 is 23.9 Å². The number of hydrazone groups is 1. The van der Waals surface area contributed by atoms with E-state index in [4.69, 9.17) is 4.84 Å². The number of carbonyl (C=O) groups excluding carboxylic acids is 3. The normalized spacial score (nSPS) is 19.4. The Morgan fingerprint density at radius 3 is 2.49 bits per heavy atom. The summed E-state index contributed by atoms with van der Waals surface area (Å²) in [6.45, 7) is 8.35. The van der Waals surface area contributed by atoms with Crippen LogP contribution < -0.4 is 10.6 Å². The van der Waals surface area contributed by atoms with Gasteiger partial charge in [-0.05, 0) is 49.7 Å².